The molecular weight excluding hydrogens is 248 g/mol. The molecular formula is C16H28N4. The standard InChI is InChI=1S/C16H28N4/c1-2-7-20-13-17-11-16(20)12-19-8-5-15(6-9-19)18-10-14-3-4-14/h11,13-15,18H,2-10,12H2,1H3. The molecule has 1 aliphatic carbocycles. The summed E-state index contributed by atoms with van der Waals surface area (Å²) in [6, 6.07) is 0.757. The molecule has 0 atom stereocenters. The van der Waals surface area contributed by atoms with Crippen molar-refractivity contribution >= 4 is 0 Å². The van der Waals surface area contributed by atoms with Gasteiger partial charge in [0.2, 0.25) is 0 Å². The van der Waals surface area contributed by atoms with E-state index in [-0.39, 0.29) is 0 Å². The van der Waals surface area contributed by atoms with Gasteiger partial charge in [-0.05, 0) is 44.6 Å². The molecule has 1 saturated carbocycles. The molecule has 112 valence electrons. The molecule has 0 aromatic carbocycles. The van der Waals surface area contributed by atoms with Crippen LogP contribution in [0.2, 0.25) is 0 Å². The van der Waals surface area contributed by atoms with Crippen molar-refractivity contribution in [2.24, 2.45) is 5.92 Å². The summed E-state index contributed by atoms with van der Waals surface area (Å²) >= 11 is 0. The third kappa shape index (κ3) is 3.83. The highest BCUT2D eigenvalue weighted by Crippen LogP contribution is 2.28. The van der Waals surface area contributed by atoms with Gasteiger partial charge in [0, 0.05) is 38.4 Å². The highest BCUT2D eigenvalue weighted by Gasteiger charge is 2.24. The third-order valence-corrected chi connectivity index (χ3v) is 4.63. The third-order valence-electron chi connectivity index (χ3n) is 4.63. The van der Waals surface area contributed by atoms with Crippen molar-refractivity contribution < 1.29 is 0 Å². The molecule has 0 spiro atoms. The Morgan fingerprint density at radius 3 is 2.75 bits per heavy atom. The van der Waals surface area contributed by atoms with Gasteiger partial charge in [0.1, 0.15) is 0 Å². The van der Waals surface area contributed by atoms with Crippen LogP contribution in [0.15, 0.2) is 12.5 Å². The van der Waals surface area contributed by atoms with Crippen molar-refractivity contribution in [2.75, 3.05) is 19.6 Å². The van der Waals surface area contributed by atoms with E-state index >= 15 is 0 Å². The minimum atomic E-state index is 0.757. The van der Waals surface area contributed by atoms with Gasteiger partial charge in [-0.25, -0.2) is 4.98 Å². The number of aryl methyl sites for hydroxylation is 1. The van der Waals surface area contributed by atoms with Crippen LogP contribution in [0.1, 0.15) is 44.7 Å². The number of nitrogens with one attached hydrogen (secondary N) is 1. The molecule has 4 nitrogen and oxygen atoms in total. The number of piperidine rings is 1. The molecule has 4 heteroatoms. The Balaban J connectivity index is 1.42. The second-order valence-corrected chi connectivity index (χ2v) is 6.48. The summed E-state index contributed by atoms with van der Waals surface area (Å²) in [5.74, 6) is 0.997. The molecule has 1 N–H and O–H groups in total. The van der Waals surface area contributed by atoms with E-state index in [0.717, 1.165) is 25.0 Å². The number of aromatic nitrogens is 2. The lowest BCUT2D eigenvalue weighted by atomic mass is 10.0. The van der Waals surface area contributed by atoms with Crippen LogP contribution in [-0.2, 0) is 13.1 Å². The van der Waals surface area contributed by atoms with Gasteiger partial charge in [-0.15, -0.1) is 0 Å². The Labute approximate surface area is 122 Å². The van der Waals surface area contributed by atoms with Crippen molar-refractivity contribution in [2.45, 2.75) is 58.2 Å². The fourth-order valence-electron chi connectivity index (χ4n) is 3.10. The molecule has 2 heterocycles. The maximum absolute atomic E-state index is 4.30. The summed E-state index contributed by atoms with van der Waals surface area (Å²) in [6.07, 6.45) is 10.7. The summed E-state index contributed by atoms with van der Waals surface area (Å²) < 4.78 is 2.30. The molecule has 0 unspecified atom stereocenters. The molecule has 1 saturated heterocycles. The summed E-state index contributed by atoms with van der Waals surface area (Å²) in [6.45, 7) is 8.08. The zero-order valence-corrected chi connectivity index (χ0v) is 12.7. The molecule has 0 amide bonds. The quantitative estimate of drug-likeness (QED) is 0.829. The predicted molar refractivity (Wildman–Crippen MR) is 81.5 cm³/mol. The molecule has 1 aliphatic heterocycles. The zero-order chi connectivity index (χ0) is 13.8. The van der Waals surface area contributed by atoms with Crippen LogP contribution < -0.4 is 5.32 Å². The van der Waals surface area contributed by atoms with Crippen LogP contribution >= 0.6 is 0 Å². The molecule has 3 rings (SSSR count). The largest absolute Gasteiger partial charge is 0.333 e. The van der Waals surface area contributed by atoms with Crippen LogP contribution in [-0.4, -0.2) is 40.1 Å². The van der Waals surface area contributed by atoms with Gasteiger partial charge < -0.3 is 9.88 Å². The number of imidazole rings is 1. The van der Waals surface area contributed by atoms with Crippen molar-refractivity contribution in [1.82, 2.24) is 19.8 Å². The Morgan fingerprint density at radius 1 is 1.25 bits per heavy atom. The van der Waals surface area contributed by atoms with Crippen LogP contribution in [0, 0.1) is 5.92 Å². The van der Waals surface area contributed by atoms with Gasteiger partial charge >= 0.3 is 0 Å². The summed E-state index contributed by atoms with van der Waals surface area (Å²) in [4.78, 5) is 6.88. The van der Waals surface area contributed by atoms with Gasteiger partial charge in [-0.1, -0.05) is 6.92 Å². The van der Waals surface area contributed by atoms with E-state index in [1.54, 1.807) is 0 Å². The Morgan fingerprint density at radius 2 is 2.05 bits per heavy atom. The summed E-state index contributed by atoms with van der Waals surface area (Å²) in [7, 11) is 0. The SMILES string of the molecule is CCCn1cncc1CN1CCC(NCC2CC2)CC1. The number of rotatable bonds is 7. The van der Waals surface area contributed by atoms with Gasteiger partial charge in [0.15, 0.2) is 0 Å². The van der Waals surface area contributed by atoms with Crippen molar-refractivity contribution in [3.63, 3.8) is 0 Å². The molecule has 2 fully saturated rings. The van der Waals surface area contributed by atoms with Crippen LogP contribution in [0.5, 0.6) is 0 Å². The van der Waals surface area contributed by atoms with Crippen LogP contribution in [0.3, 0.4) is 0 Å². The maximum atomic E-state index is 4.30. The average Bonchev–Trinajstić information content (AvgIpc) is 3.20. The van der Waals surface area contributed by atoms with Crippen molar-refractivity contribution in [3.8, 4) is 0 Å². The van der Waals surface area contributed by atoms with Gasteiger partial charge in [-0.3, -0.25) is 4.90 Å². The Bertz CT molecular complexity index is 402. The first-order valence-electron chi connectivity index (χ1n) is 8.30. The van der Waals surface area contributed by atoms with E-state index in [1.807, 2.05) is 12.5 Å². The normalized spacial score (nSPS) is 21.4. The maximum Gasteiger partial charge on any atom is 0.0948 e. The minimum absolute atomic E-state index is 0.757. The highest BCUT2D eigenvalue weighted by molar-refractivity contribution is 4.99. The first kappa shape index (κ1) is 14.1. The Hall–Kier alpha value is -0.870. The first-order valence-corrected chi connectivity index (χ1v) is 8.30. The second kappa shape index (κ2) is 6.72. The average molecular weight is 276 g/mol. The number of nitrogens with zero attached hydrogens (tertiary/aromatic N) is 3. The van der Waals surface area contributed by atoms with E-state index in [2.05, 4.69) is 26.7 Å². The zero-order valence-electron chi connectivity index (χ0n) is 12.7. The van der Waals surface area contributed by atoms with Crippen molar-refractivity contribution in [1.29, 1.82) is 0 Å². The second-order valence-electron chi connectivity index (χ2n) is 6.48. The van der Waals surface area contributed by atoms with E-state index in [4.69, 9.17) is 0 Å². The van der Waals surface area contributed by atoms with Gasteiger partial charge in [0.25, 0.3) is 0 Å². The molecule has 0 bridgehead atoms. The predicted octanol–water partition coefficient (Wildman–Crippen LogP) is 2.26. The number of likely N-dealkylation sites (tertiary alicyclic amines) is 1. The molecule has 2 aliphatic rings. The Kier molecular flexibility index (Phi) is 4.73. The van der Waals surface area contributed by atoms with E-state index in [0.29, 0.717) is 0 Å². The van der Waals surface area contributed by atoms with E-state index < -0.39 is 0 Å². The molecule has 1 aromatic heterocycles. The highest BCUT2D eigenvalue weighted by atomic mass is 15.2. The van der Waals surface area contributed by atoms with Crippen LogP contribution in [0.25, 0.3) is 0 Å². The first-order chi connectivity index (χ1) is 9.85. The summed E-state index contributed by atoms with van der Waals surface area (Å²) in [5, 5.41) is 3.75. The van der Waals surface area contributed by atoms with Crippen molar-refractivity contribution in [3.05, 3.63) is 18.2 Å². The lowest BCUT2D eigenvalue weighted by Gasteiger charge is -2.32. The molecule has 1 aromatic rings. The summed E-state index contributed by atoms with van der Waals surface area (Å²) in [5.41, 5.74) is 1.37. The minimum Gasteiger partial charge on any atom is -0.333 e. The lowest BCUT2D eigenvalue weighted by Crippen LogP contribution is -2.42. The van der Waals surface area contributed by atoms with Gasteiger partial charge in [0.05, 0.1) is 12.0 Å². The fourth-order valence-corrected chi connectivity index (χ4v) is 3.10. The molecule has 0 radical (unpaired) electrons. The van der Waals surface area contributed by atoms with E-state index in [9.17, 15) is 0 Å². The fraction of sp³-hybridized carbons (Fsp3) is 0.812. The number of hydrogen-bond donors (Lipinski definition) is 1. The monoisotopic (exact) mass is 276 g/mol. The number of hydrogen-bond acceptors (Lipinski definition) is 3. The van der Waals surface area contributed by atoms with Crippen LogP contribution in [0.4, 0.5) is 0 Å². The lowest BCUT2D eigenvalue weighted by molar-refractivity contribution is 0.186. The topological polar surface area (TPSA) is 33.1 Å². The van der Waals surface area contributed by atoms with E-state index in [1.165, 1.54) is 57.4 Å². The smallest absolute Gasteiger partial charge is 0.0948 e. The van der Waals surface area contributed by atoms with Gasteiger partial charge in [-0.2, -0.15) is 0 Å². The molecule has 20 heavy (non-hydrogen) atoms.